The van der Waals surface area contributed by atoms with E-state index in [1.807, 2.05) is 12.1 Å². The molecular weight excluding hydrogens is 302 g/mol. The second-order valence-electron chi connectivity index (χ2n) is 4.16. The number of carbonyl (C=O) groups excluding carboxylic acids is 1. The molecule has 0 saturated carbocycles. The van der Waals surface area contributed by atoms with Crippen molar-refractivity contribution in [1.82, 2.24) is 5.32 Å². The SMILES string of the molecule is CC(CCl)CCCNC(=O)c1ccc(Br)cc1. The van der Waals surface area contributed by atoms with Gasteiger partial charge in [0.1, 0.15) is 0 Å². The molecule has 1 unspecified atom stereocenters. The Morgan fingerprint density at radius 1 is 1.41 bits per heavy atom. The zero-order valence-corrected chi connectivity index (χ0v) is 12.2. The molecule has 2 nitrogen and oxygen atoms in total. The van der Waals surface area contributed by atoms with Crippen LogP contribution < -0.4 is 5.32 Å². The number of rotatable bonds is 6. The molecular formula is C13H17BrClNO. The van der Waals surface area contributed by atoms with Crippen LogP contribution in [0.25, 0.3) is 0 Å². The van der Waals surface area contributed by atoms with Crippen LogP contribution in [0, 0.1) is 5.92 Å². The first kappa shape index (κ1) is 14.5. The third-order valence-corrected chi connectivity index (χ3v) is 3.58. The van der Waals surface area contributed by atoms with E-state index < -0.39 is 0 Å². The zero-order chi connectivity index (χ0) is 12.7. The van der Waals surface area contributed by atoms with E-state index in [4.69, 9.17) is 11.6 Å². The van der Waals surface area contributed by atoms with E-state index in [2.05, 4.69) is 28.2 Å². The van der Waals surface area contributed by atoms with Gasteiger partial charge in [-0.05, 0) is 43.0 Å². The minimum Gasteiger partial charge on any atom is -0.352 e. The van der Waals surface area contributed by atoms with Crippen molar-refractivity contribution in [2.45, 2.75) is 19.8 Å². The van der Waals surface area contributed by atoms with E-state index in [9.17, 15) is 4.79 Å². The number of hydrogen-bond donors (Lipinski definition) is 1. The van der Waals surface area contributed by atoms with Crippen molar-refractivity contribution in [3.63, 3.8) is 0 Å². The van der Waals surface area contributed by atoms with E-state index in [0.717, 1.165) is 17.3 Å². The monoisotopic (exact) mass is 317 g/mol. The van der Waals surface area contributed by atoms with E-state index in [1.165, 1.54) is 0 Å². The predicted molar refractivity (Wildman–Crippen MR) is 75.6 cm³/mol. The van der Waals surface area contributed by atoms with Gasteiger partial charge in [0.15, 0.2) is 0 Å². The van der Waals surface area contributed by atoms with Gasteiger partial charge in [0.05, 0.1) is 0 Å². The van der Waals surface area contributed by atoms with Gasteiger partial charge < -0.3 is 5.32 Å². The molecule has 0 fully saturated rings. The summed E-state index contributed by atoms with van der Waals surface area (Å²) >= 11 is 9.05. The minimum absolute atomic E-state index is 0.0176. The Balaban J connectivity index is 2.28. The standard InChI is InChI=1S/C13H17BrClNO/c1-10(9-15)3-2-8-16-13(17)11-4-6-12(14)7-5-11/h4-7,10H,2-3,8-9H2,1H3,(H,16,17). The number of alkyl halides is 1. The normalized spacial score (nSPS) is 12.2. The molecule has 1 aromatic rings. The Labute approximate surface area is 116 Å². The van der Waals surface area contributed by atoms with Crippen LogP contribution in [0.5, 0.6) is 0 Å². The Bertz CT molecular complexity index is 353. The van der Waals surface area contributed by atoms with Crippen LogP contribution >= 0.6 is 27.5 Å². The lowest BCUT2D eigenvalue weighted by Crippen LogP contribution is -2.24. The zero-order valence-electron chi connectivity index (χ0n) is 9.88. The molecule has 1 amide bonds. The summed E-state index contributed by atoms with van der Waals surface area (Å²) in [6.45, 7) is 2.82. The molecule has 0 aromatic heterocycles. The molecule has 0 aliphatic carbocycles. The molecule has 0 heterocycles. The second-order valence-corrected chi connectivity index (χ2v) is 5.39. The molecule has 0 bridgehead atoms. The summed E-state index contributed by atoms with van der Waals surface area (Å²) in [4.78, 5) is 11.7. The van der Waals surface area contributed by atoms with Crippen molar-refractivity contribution in [1.29, 1.82) is 0 Å². The third-order valence-electron chi connectivity index (χ3n) is 2.53. The fourth-order valence-electron chi connectivity index (χ4n) is 1.43. The second kappa shape index (κ2) is 7.72. The van der Waals surface area contributed by atoms with Gasteiger partial charge in [0.2, 0.25) is 0 Å². The average molecular weight is 319 g/mol. The Hall–Kier alpha value is -0.540. The summed E-state index contributed by atoms with van der Waals surface area (Å²) in [5.74, 6) is 1.18. The van der Waals surface area contributed by atoms with Crippen molar-refractivity contribution in [3.8, 4) is 0 Å². The summed E-state index contributed by atoms with van der Waals surface area (Å²) in [6, 6.07) is 7.34. The maximum atomic E-state index is 11.7. The highest BCUT2D eigenvalue weighted by Crippen LogP contribution is 2.10. The van der Waals surface area contributed by atoms with Crippen LogP contribution in [0.3, 0.4) is 0 Å². The number of hydrogen-bond acceptors (Lipinski definition) is 1. The number of amides is 1. The molecule has 0 spiro atoms. The highest BCUT2D eigenvalue weighted by atomic mass is 79.9. The van der Waals surface area contributed by atoms with Crippen molar-refractivity contribution in [3.05, 3.63) is 34.3 Å². The molecule has 1 N–H and O–H groups in total. The highest BCUT2D eigenvalue weighted by Gasteiger charge is 2.05. The first-order valence-corrected chi connectivity index (χ1v) is 7.06. The first-order valence-electron chi connectivity index (χ1n) is 5.73. The smallest absolute Gasteiger partial charge is 0.251 e. The molecule has 94 valence electrons. The van der Waals surface area contributed by atoms with Crippen LogP contribution in [0.1, 0.15) is 30.1 Å². The Morgan fingerprint density at radius 3 is 2.65 bits per heavy atom. The number of carbonyl (C=O) groups is 1. The molecule has 0 saturated heterocycles. The van der Waals surface area contributed by atoms with E-state index >= 15 is 0 Å². The lowest BCUT2D eigenvalue weighted by atomic mass is 10.1. The number of nitrogens with one attached hydrogen (secondary N) is 1. The highest BCUT2D eigenvalue weighted by molar-refractivity contribution is 9.10. The van der Waals surface area contributed by atoms with Gasteiger partial charge in [-0.3, -0.25) is 4.79 Å². The van der Waals surface area contributed by atoms with E-state index in [-0.39, 0.29) is 5.91 Å². The van der Waals surface area contributed by atoms with E-state index in [0.29, 0.717) is 23.9 Å². The van der Waals surface area contributed by atoms with Crippen molar-refractivity contribution < 1.29 is 4.79 Å². The summed E-state index contributed by atoms with van der Waals surface area (Å²) in [7, 11) is 0. The number of halogens is 2. The minimum atomic E-state index is -0.0176. The molecule has 0 aliphatic rings. The van der Waals surface area contributed by atoms with Gasteiger partial charge in [0, 0.05) is 22.5 Å². The maximum absolute atomic E-state index is 11.7. The third kappa shape index (κ3) is 5.55. The lowest BCUT2D eigenvalue weighted by molar-refractivity contribution is 0.0952. The van der Waals surface area contributed by atoms with Crippen LogP contribution in [0.2, 0.25) is 0 Å². The molecule has 1 atom stereocenters. The molecule has 1 aromatic carbocycles. The van der Waals surface area contributed by atoms with Crippen LogP contribution in [0.15, 0.2) is 28.7 Å². The topological polar surface area (TPSA) is 29.1 Å². The summed E-state index contributed by atoms with van der Waals surface area (Å²) in [5.41, 5.74) is 0.693. The largest absolute Gasteiger partial charge is 0.352 e. The summed E-state index contributed by atoms with van der Waals surface area (Å²) < 4.78 is 0.977. The van der Waals surface area contributed by atoms with Crippen molar-refractivity contribution >= 4 is 33.4 Å². The van der Waals surface area contributed by atoms with Crippen molar-refractivity contribution in [2.24, 2.45) is 5.92 Å². The maximum Gasteiger partial charge on any atom is 0.251 e. The quantitative estimate of drug-likeness (QED) is 0.627. The van der Waals surface area contributed by atoms with Crippen LogP contribution in [-0.2, 0) is 0 Å². The van der Waals surface area contributed by atoms with Gasteiger partial charge in [-0.2, -0.15) is 0 Å². The molecule has 0 radical (unpaired) electrons. The van der Waals surface area contributed by atoms with Gasteiger partial charge in [0.25, 0.3) is 5.91 Å². The van der Waals surface area contributed by atoms with Gasteiger partial charge in [-0.25, -0.2) is 0 Å². The van der Waals surface area contributed by atoms with Crippen molar-refractivity contribution in [2.75, 3.05) is 12.4 Å². The van der Waals surface area contributed by atoms with Gasteiger partial charge in [-0.1, -0.05) is 22.9 Å². The van der Waals surface area contributed by atoms with Gasteiger partial charge >= 0.3 is 0 Å². The van der Waals surface area contributed by atoms with Crippen LogP contribution in [0.4, 0.5) is 0 Å². The van der Waals surface area contributed by atoms with Gasteiger partial charge in [-0.15, -0.1) is 11.6 Å². The molecule has 4 heteroatoms. The summed E-state index contributed by atoms with van der Waals surface area (Å²) in [6.07, 6.45) is 2.01. The fourth-order valence-corrected chi connectivity index (χ4v) is 1.85. The predicted octanol–water partition coefficient (Wildman–Crippen LogP) is 3.83. The number of benzene rings is 1. The molecule has 0 aliphatic heterocycles. The first-order chi connectivity index (χ1) is 8.13. The fraction of sp³-hybridized carbons (Fsp3) is 0.462. The average Bonchev–Trinajstić information content (AvgIpc) is 2.34. The summed E-state index contributed by atoms with van der Waals surface area (Å²) in [5, 5.41) is 2.90. The lowest BCUT2D eigenvalue weighted by Gasteiger charge is -2.08. The molecule has 17 heavy (non-hydrogen) atoms. The van der Waals surface area contributed by atoms with E-state index in [1.54, 1.807) is 12.1 Å². The Morgan fingerprint density at radius 2 is 2.06 bits per heavy atom. The van der Waals surface area contributed by atoms with Crippen LogP contribution in [-0.4, -0.2) is 18.3 Å². The molecule has 1 rings (SSSR count). The Kier molecular flexibility index (Phi) is 6.60.